The second-order valence-corrected chi connectivity index (χ2v) is 13.4. The summed E-state index contributed by atoms with van der Waals surface area (Å²) >= 11 is 0. The van der Waals surface area contributed by atoms with Crippen molar-refractivity contribution in [3.8, 4) is 0 Å². The van der Waals surface area contributed by atoms with Gasteiger partial charge in [-0.1, -0.05) is 24.5 Å². The molecule has 6 nitrogen and oxygen atoms in total. The molecule has 7 heteroatoms. The molecule has 0 aliphatic heterocycles. The zero-order valence-electron chi connectivity index (χ0n) is 19.4. The smallest absolute Gasteiger partial charge is 0.310 e. The standard InChI is InChI=1S/C26H34N2O4S/c1-33(31,32)25-27-14-16-12-21-15(13-23(16)28-25)5-6-17-18(21)7-8-20-19(17)9-11-26(24(29)30)10-3-2-4-22(20)26/h8,14-15,17-19,21-22H,2-7,9-13H2,1H3,(H,29,30). The third-order valence-electron chi connectivity index (χ3n) is 10.1. The largest absolute Gasteiger partial charge is 0.481 e. The second kappa shape index (κ2) is 7.62. The van der Waals surface area contributed by atoms with Crippen molar-refractivity contribution in [2.75, 3.05) is 6.26 Å². The summed E-state index contributed by atoms with van der Waals surface area (Å²) in [5.41, 5.74) is 3.05. The molecule has 0 bridgehead atoms. The van der Waals surface area contributed by atoms with Crippen LogP contribution in [-0.2, 0) is 27.5 Å². The summed E-state index contributed by atoms with van der Waals surface area (Å²) in [7, 11) is -3.39. The molecule has 6 rings (SSSR count). The van der Waals surface area contributed by atoms with Crippen molar-refractivity contribution in [3.63, 3.8) is 0 Å². The summed E-state index contributed by atoms with van der Waals surface area (Å²) in [6.45, 7) is 0. The van der Waals surface area contributed by atoms with E-state index in [9.17, 15) is 18.3 Å². The first-order valence-electron chi connectivity index (χ1n) is 12.8. The fourth-order valence-corrected chi connectivity index (χ4v) is 9.15. The van der Waals surface area contributed by atoms with Gasteiger partial charge in [0.05, 0.1) is 5.41 Å². The molecule has 1 heterocycles. The molecule has 3 fully saturated rings. The van der Waals surface area contributed by atoms with Crippen molar-refractivity contribution in [2.45, 2.75) is 75.8 Å². The molecule has 178 valence electrons. The molecule has 0 saturated heterocycles. The Labute approximate surface area is 196 Å². The quantitative estimate of drug-likeness (QED) is 0.513. The molecule has 3 saturated carbocycles. The van der Waals surface area contributed by atoms with Crippen LogP contribution in [0.5, 0.6) is 0 Å². The normalized spacial score (nSPS) is 39.7. The molecule has 5 aliphatic carbocycles. The Bertz CT molecular complexity index is 1130. The van der Waals surface area contributed by atoms with Gasteiger partial charge in [0.25, 0.3) is 0 Å². The van der Waals surface area contributed by atoms with E-state index in [2.05, 4.69) is 16.0 Å². The number of hydrogen-bond acceptors (Lipinski definition) is 5. The first-order valence-corrected chi connectivity index (χ1v) is 14.7. The van der Waals surface area contributed by atoms with Gasteiger partial charge in [-0.25, -0.2) is 18.4 Å². The summed E-state index contributed by atoms with van der Waals surface area (Å²) in [5.74, 6) is 2.71. The Morgan fingerprint density at radius 3 is 2.70 bits per heavy atom. The molecule has 7 atom stereocenters. The molecule has 1 N–H and O–H groups in total. The van der Waals surface area contributed by atoms with Gasteiger partial charge < -0.3 is 5.11 Å². The number of fused-ring (bicyclic) bond motifs is 8. The Morgan fingerprint density at radius 1 is 1.06 bits per heavy atom. The van der Waals surface area contributed by atoms with Gasteiger partial charge >= 0.3 is 5.97 Å². The fourth-order valence-electron chi connectivity index (χ4n) is 8.63. The number of nitrogens with zero attached hydrogens (tertiary/aromatic N) is 2. The summed E-state index contributed by atoms with van der Waals surface area (Å²) in [6.07, 6.45) is 16.6. The molecule has 1 aromatic heterocycles. The maximum Gasteiger partial charge on any atom is 0.310 e. The molecule has 7 unspecified atom stereocenters. The van der Waals surface area contributed by atoms with E-state index in [4.69, 9.17) is 0 Å². The second-order valence-electron chi connectivity index (χ2n) is 11.5. The van der Waals surface area contributed by atoms with Gasteiger partial charge in [-0.15, -0.1) is 0 Å². The van der Waals surface area contributed by atoms with Crippen LogP contribution in [0.4, 0.5) is 0 Å². The lowest BCUT2D eigenvalue weighted by atomic mass is 9.48. The molecule has 0 amide bonds. The predicted molar refractivity (Wildman–Crippen MR) is 123 cm³/mol. The fraction of sp³-hybridized carbons (Fsp3) is 0.731. The van der Waals surface area contributed by atoms with Crippen molar-refractivity contribution in [1.29, 1.82) is 0 Å². The molecule has 33 heavy (non-hydrogen) atoms. The van der Waals surface area contributed by atoms with Crippen LogP contribution in [0.25, 0.3) is 0 Å². The molecule has 0 aromatic carbocycles. The van der Waals surface area contributed by atoms with E-state index in [1.807, 2.05) is 0 Å². The van der Waals surface area contributed by atoms with E-state index < -0.39 is 21.2 Å². The molecule has 5 aliphatic rings. The zero-order valence-corrected chi connectivity index (χ0v) is 20.2. The van der Waals surface area contributed by atoms with Crippen LogP contribution in [-0.4, -0.2) is 35.7 Å². The molecular formula is C26H34N2O4S. The number of carboxylic acid groups (broad SMARTS) is 1. The van der Waals surface area contributed by atoms with Crippen LogP contribution in [0.15, 0.2) is 23.0 Å². The monoisotopic (exact) mass is 470 g/mol. The SMILES string of the molecule is CS(=O)(=O)c1ncc2c(n1)CC1CCC3C4CCC5(C(=O)O)CCCCC5C4=CCC3C1C2. The highest BCUT2D eigenvalue weighted by atomic mass is 32.2. The van der Waals surface area contributed by atoms with Crippen molar-refractivity contribution in [2.24, 2.45) is 40.9 Å². The number of aliphatic carboxylic acids is 1. The highest BCUT2D eigenvalue weighted by Gasteiger charge is 2.56. The summed E-state index contributed by atoms with van der Waals surface area (Å²) < 4.78 is 23.8. The van der Waals surface area contributed by atoms with Gasteiger partial charge in [-0.2, -0.15) is 0 Å². The van der Waals surface area contributed by atoms with Crippen molar-refractivity contribution in [1.82, 2.24) is 9.97 Å². The molecule has 0 spiro atoms. The molecular weight excluding hydrogens is 436 g/mol. The highest BCUT2D eigenvalue weighted by molar-refractivity contribution is 7.90. The third-order valence-corrected chi connectivity index (χ3v) is 10.9. The predicted octanol–water partition coefficient (Wildman–Crippen LogP) is 4.24. The number of carboxylic acids is 1. The van der Waals surface area contributed by atoms with Gasteiger partial charge in [0, 0.05) is 18.1 Å². The summed E-state index contributed by atoms with van der Waals surface area (Å²) in [5, 5.41) is 10.1. The topological polar surface area (TPSA) is 97.2 Å². The highest BCUT2D eigenvalue weighted by Crippen LogP contribution is 2.61. The summed E-state index contributed by atoms with van der Waals surface area (Å²) in [4.78, 5) is 21.0. The average Bonchev–Trinajstić information content (AvgIpc) is 2.81. The lowest BCUT2D eigenvalue weighted by Crippen LogP contribution is -2.51. The van der Waals surface area contributed by atoms with Gasteiger partial charge in [0.1, 0.15) is 0 Å². The first-order chi connectivity index (χ1) is 15.8. The number of allylic oxidation sites excluding steroid dienone is 2. The Morgan fingerprint density at radius 2 is 1.91 bits per heavy atom. The maximum atomic E-state index is 12.4. The van der Waals surface area contributed by atoms with Crippen LogP contribution in [0.2, 0.25) is 0 Å². The van der Waals surface area contributed by atoms with Crippen LogP contribution < -0.4 is 0 Å². The van der Waals surface area contributed by atoms with Crippen LogP contribution in [0, 0.1) is 40.9 Å². The van der Waals surface area contributed by atoms with Gasteiger partial charge in [0.2, 0.25) is 15.0 Å². The number of hydrogen-bond donors (Lipinski definition) is 1. The lowest BCUT2D eigenvalue weighted by molar-refractivity contribution is -0.157. The maximum absolute atomic E-state index is 12.4. The minimum absolute atomic E-state index is 0.0461. The minimum atomic E-state index is -3.39. The van der Waals surface area contributed by atoms with E-state index >= 15 is 0 Å². The number of aromatic nitrogens is 2. The average molecular weight is 471 g/mol. The van der Waals surface area contributed by atoms with Gasteiger partial charge in [-0.3, -0.25) is 4.79 Å². The van der Waals surface area contributed by atoms with E-state index in [-0.39, 0.29) is 11.1 Å². The Balaban J connectivity index is 1.29. The molecule has 0 radical (unpaired) electrons. The Kier molecular flexibility index (Phi) is 5.02. The lowest BCUT2D eigenvalue weighted by Gasteiger charge is -2.56. The number of sulfone groups is 1. The zero-order chi connectivity index (χ0) is 23.0. The van der Waals surface area contributed by atoms with Crippen molar-refractivity contribution >= 4 is 15.8 Å². The van der Waals surface area contributed by atoms with E-state index in [0.29, 0.717) is 29.6 Å². The van der Waals surface area contributed by atoms with Crippen molar-refractivity contribution < 1.29 is 18.3 Å². The Hall–Kier alpha value is -1.76. The van der Waals surface area contributed by atoms with E-state index in [1.54, 1.807) is 6.20 Å². The van der Waals surface area contributed by atoms with Gasteiger partial charge in [-0.05, 0) is 98.9 Å². The van der Waals surface area contributed by atoms with E-state index in [1.165, 1.54) is 24.7 Å². The van der Waals surface area contributed by atoms with E-state index in [0.717, 1.165) is 69.0 Å². The molecule has 1 aromatic rings. The van der Waals surface area contributed by atoms with Crippen LogP contribution >= 0.6 is 0 Å². The van der Waals surface area contributed by atoms with Crippen molar-refractivity contribution in [3.05, 3.63) is 29.1 Å². The van der Waals surface area contributed by atoms with Gasteiger partial charge in [0.15, 0.2) is 0 Å². The van der Waals surface area contributed by atoms with Crippen LogP contribution in [0.1, 0.15) is 69.0 Å². The number of rotatable bonds is 2. The van der Waals surface area contributed by atoms with Crippen LogP contribution in [0.3, 0.4) is 0 Å². The summed E-state index contributed by atoms with van der Waals surface area (Å²) in [6, 6.07) is 0. The minimum Gasteiger partial charge on any atom is -0.481 e. The third kappa shape index (κ3) is 3.32. The first kappa shape index (κ1) is 21.8. The number of carbonyl (C=O) groups is 1.